The Hall–Kier alpha value is -1.72. The molecule has 0 radical (unpaired) electrons. The number of benzene rings is 1. The Labute approximate surface area is 127 Å². The summed E-state index contributed by atoms with van der Waals surface area (Å²) in [6, 6.07) is 9.96. The van der Waals surface area contributed by atoms with Crippen LogP contribution in [0.4, 0.5) is 0 Å². The molecule has 2 rings (SSSR count). The summed E-state index contributed by atoms with van der Waals surface area (Å²) in [5, 5.41) is 12.3. The summed E-state index contributed by atoms with van der Waals surface area (Å²) in [6.45, 7) is 7.27. The van der Waals surface area contributed by atoms with Crippen molar-refractivity contribution in [1.82, 2.24) is 25.2 Å². The third kappa shape index (κ3) is 4.95. The number of rotatable bonds is 7. The predicted molar refractivity (Wildman–Crippen MR) is 85.4 cm³/mol. The molecule has 0 aliphatic heterocycles. The van der Waals surface area contributed by atoms with E-state index in [0.29, 0.717) is 0 Å². The highest BCUT2D eigenvalue weighted by atomic mass is 15.5. The zero-order chi connectivity index (χ0) is 15.3. The highest BCUT2D eigenvalue weighted by molar-refractivity contribution is 5.28. The summed E-state index contributed by atoms with van der Waals surface area (Å²) in [4.78, 5) is 3.88. The first-order valence-electron chi connectivity index (χ1n) is 7.28. The van der Waals surface area contributed by atoms with E-state index in [0.717, 1.165) is 31.0 Å². The molecule has 5 nitrogen and oxygen atoms in total. The molecule has 0 unspecified atom stereocenters. The molecule has 114 valence electrons. The second-order valence-corrected chi connectivity index (χ2v) is 6.47. The molecule has 1 N–H and O–H groups in total. The highest BCUT2D eigenvalue weighted by Gasteiger charge is 2.18. The summed E-state index contributed by atoms with van der Waals surface area (Å²) in [5.41, 5.74) is 2.18. The summed E-state index contributed by atoms with van der Waals surface area (Å²) >= 11 is 0. The van der Waals surface area contributed by atoms with Crippen molar-refractivity contribution in [2.45, 2.75) is 20.4 Å². The van der Waals surface area contributed by atoms with Crippen LogP contribution in [-0.4, -0.2) is 47.1 Å². The van der Waals surface area contributed by atoms with E-state index in [4.69, 9.17) is 0 Å². The fourth-order valence-corrected chi connectivity index (χ4v) is 2.50. The second kappa shape index (κ2) is 6.83. The van der Waals surface area contributed by atoms with Crippen LogP contribution >= 0.6 is 0 Å². The lowest BCUT2D eigenvalue weighted by molar-refractivity contribution is 0.232. The average Bonchev–Trinajstić information content (AvgIpc) is 2.87. The van der Waals surface area contributed by atoms with Crippen molar-refractivity contribution >= 4 is 0 Å². The first-order chi connectivity index (χ1) is 9.96. The molecule has 0 aliphatic carbocycles. The van der Waals surface area contributed by atoms with Gasteiger partial charge in [-0.05, 0) is 31.6 Å². The van der Waals surface area contributed by atoms with Crippen LogP contribution in [-0.2, 0) is 6.54 Å². The summed E-state index contributed by atoms with van der Waals surface area (Å²) in [5.74, 6) is 0. The van der Waals surface area contributed by atoms with Gasteiger partial charge in [0.15, 0.2) is 0 Å². The Kier molecular flexibility index (Phi) is 5.09. The summed E-state index contributed by atoms with van der Waals surface area (Å²) in [6.07, 6.45) is 1.82. The van der Waals surface area contributed by atoms with Crippen molar-refractivity contribution < 1.29 is 0 Å². The number of hydrogen-bond acceptors (Lipinski definition) is 4. The molecule has 0 amide bonds. The van der Waals surface area contributed by atoms with E-state index in [-0.39, 0.29) is 5.41 Å². The first-order valence-corrected chi connectivity index (χ1v) is 7.28. The minimum Gasteiger partial charge on any atom is -0.310 e. The first kappa shape index (κ1) is 15.7. The molecule has 0 aliphatic rings. The molecule has 21 heavy (non-hydrogen) atoms. The van der Waals surface area contributed by atoms with Crippen LogP contribution in [0.5, 0.6) is 0 Å². The maximum atomic E-state index is 4.49. The van der Waals surface area contributed by atoms with Crippen LogP contribution < -0.4 is 5.32 Å². The van der Waals surface area contributed by atoms with Crippen molar-refractivity contribution in [3.8, 4) is 5.69 Å². The van der Waals surface area contributed by atoms with E-state index in [2.05, 4.69) is 48.4 Å². The van der Waals surface area contributed by atoms with Crippen molar-refractivity contribution in [1.29, 1.82) is 0 Å². The van der Waals surface area contributed by atoms with Crippen LogP contribution in [0.3, 0.4) is 0 Å². The summed E-state index contributed by atoms with van der Waals surface area (Å²) < 4.78 is 0. The zero-order valence-electron chi connectivity index (χ0n) is 13.4. The van der Waals surface area contributed by atoms with Gasteiger partial charge in [0.1, 0.15) is 0 Å². The third-order valence-corrected chi connectivity index (χ3v) is 3.18. The largest absolute Gasteiger partial charge is 0.310 e. The van der Waals surface area contributed by atoms with Gasteiger partial charge in [0, 0.05) is 19.6 Å². The van der Waals surface area contributed by atoms with Gasteiger partial charge in [-0.1, -0.05) is 32.0 Å². The fraction of sp³-hybridized carbons (Fsp3) is 0.500. The fourth-order valence-electron chi connectivity index (χ4n) is 2.50. The number of hydrogen-bond donors (Lipinski definition) is 1. The molecule has 0 atom stereocenters. The Morgan fingerprint density at radius 1 is 1.19 bits per heavy atom. The molecule has 1 aromatic carbocycles. The molecule has 0 saturated carbocycles. The van der Waals surface area contributed by atoms with Crippen molar-refractivity contribution in [2.24, 2.45) is 5.41 Å². The van der Waals surface area contributed by atoms with Gasteiger partial charge in [-0.25, -0.2) is 0 Å². The van der Waals surface area contributed by atoms with Crippen LogP contribution in [0.2, 0.25) is 0 Å². The van der Waals surface area contributed by atoms with E-state index < -0.39 is 0 Å². The van der Waals surface area contributed by atoms with Crippen molar-refractivity contribution in [3.05, 3.63) is 42.2 Å². The second-order valence-electron chi connectivity index (χ2n) is 6.47. The van der Waals surface area contributed by atoms with Crippen molar-refractivity contribution in [2.75, 3.05) is 27.2 Å². The van der Waals surface area contributed by atoms with E-state index in [9.17, 15) is 0 Å². The van der Waals surface area contributed by atoms with Crippen LogP contribution in [0.25, 0.3) is 5.69 Å². The molecular weight excluding hydrogens is 262 g/mol. The van der Waals surface area contributed by atoms with Gasteiger partial charge in [-0.2, -0.15) is 15.0 Å². The molecule has 0 spiro atoms. The molecule has 1 heterocycles. The maximum Gasteiger partial charge on any atom is 0.0969 e. The van der Waals surface area contributed by atoms with E-state index in [1.54, 1.807) is 4.80 Å². The standard InChI is InChI=1S/C16H25N5/c1-16(2,13-20(3)4)12-17-10-14-11-18-21(19-14)15-8-6-5-7-9-15/h5-9,11,17H,10,12-13H2,1-4H3. The third-order valence-electron chi connectivity index (χ3n) is 3.18. The van der Waals surface area contributed by atoms with Gasteiger partial charge in [0.2, 0.25) is 0 Å². The SMILES string of the molecule is CN(C)CC(C)(C)CNCc1cnn(-c2ccccc2)n1. The lowest BCUT2D eigenvalue weighted by Crippen LogP contribution is -2.37. The normalized spacial score (nSPS) is 12.0. The molecule has 0 saturated heterocycles. The Morgan fingerprint density at radius 3 is 2.57 bits per heavy atom. The Morgan fingerprint density at radius 2 is 1.90 bits per heavy atom. The Bertz CT molecular complexity index is 545. The predicted octanol–water partition coefficient (Wildman–Crippen LogP) is 1.94. The number of nitrogens with one attached hydrogen (secondary N) is 1. The lowest BCUT2D eigenvalue weighted by Gasteiger charge is -2.28. The van der Waals surface area contributed by atoms with Crippen LogP contribution in [0.1, 0.15) is 19.5 Å². The van der Waals surface area contributed by atoms with Crippen LogP contribution in [0.15, 0.2) is 36.5 Å². The lowest BCUT2D eigenvalue weighted by atomic mass is 9.93. The number of para-hydroxylation sites is 1. The van der Waals surface area contributed by atoms with E-state index >= 15 is 0 Å². The van der Waals surface area contributed by atoms with E-state index in [1.807, 2.05) is 36.5 Å². The molecule has 5 heteroatoms. The van der Waals surface area contributed by atoms with Gasteiger partial charge in [-0.3, -0.25) is 0 Å². The minimum atomic E-state index is 0.235. The molecular formula is C16H25N5. The van der Waals surface area contributed by atoms with Gasteiger partial charge in [0.25, 0.3) is 0 Å². The highest BCUT2D eigenvalue weighted by Crippen LogP contribution is 2.14. The van der Waals surface area contributed by atoms with Crippen molar-refractivity contribution in [3.63, 3.8) is 0 Å². The van der Waals surface area contributed by atoms with Gasteiger partial charge in [-0.15, -0.1) is 0 Å². The molecule has 1 aromatic heterocycles. The zero-order valence-corrected chi connectivity index (χ0v) is 13.4. The molecule has 0 fully saturated rings. The van der Waals surface area contributed by atoms with Crippen LogP contribution in [0, 0.1) is 5.41 Å². The smallest absolute Gasteiger partial charge is 0.0969 e. The molecule has 2 aromatic rings. The Balaban J connectivity index is 1.86. The average molecular weight is 287 g/mol. The van der Waals surface area contributed by atoms with E-state index in [1.165, 1.54) is 0 Å². The minimum absolute atomic E-state index is 0.235. The van der Waals surface area contributed by atoms with Gasteiger partial charge >= 0.3 is 0 Å². The number of nitrogens with zero attached hydrogens (tertiary/aromatic N) is 4. The number of aromatic nitrogens is 3. The van der Waals surface area contributed by atoms with Gasteiger partial charge < -0.3 is 10.2 Å². The summed E-state index contributed by atoms with van der Waals surface area (Å²) in [7, 11) is 4.21. The maximum absolute atomic E-state index is 4.49. The monoisotopic (exact) mass is 287 g/mol. The molecule has 0 bridgehead atoms. The quantitative estimate of drug-likeness (QED) is 0.845. The topological polar surface area (TPSA) is 46.0 Å². The van der Waals surface area contributed by atoms with Gasteiger partial charge in [0.05, 0.1) is 17.6 Å².